The van der Waals surface area contributed by atoms with Gasteiger partial charge in [0, 0.05) is 75.7 Å². The molecule has 0 aliphatic carbocycles. The molecule has 0 saturated carbocycles. The third kappa shape index (κ3) is 3.43. The highest BCUT2D eigenvalue weighted by Crippen LogP contribution is 2.21. The lowest BCUT2D eigenvalue weighted by molar-refractivity contribution is -0.140. The van der Waals surface area contributed by atoms with Gasteiger partial charge in [0.1, 0.15) is 6.54 Å². The third-order valence-electron chi connectivity index (χ3n) is 5.89. The van der Waals surface area contributed by atoms with Crippen molar-refractivity contribution in [2.75, 3.05) is 39.3 Å². The van der Waals surface area contributed by atoms with Crippen molar-refractivity contribution in [3.05, 3.63) is 30.2 Å². The first kappa shape index (κ1) is 18.0. The van der Waals surface area contributed by atoms with Crippen molar-refractivity contribution >= 4 is 22.7 Å². The average Bonchev–Trinajstić information content (AvgIpc) is 2.96. The molecule has 0 spiro atoms. The van der Waals surface area contributed by atoms with Crippen LogP contribution < -0.4 is 0 Å². The fourth-order valence-corrected chi connectivity index (χ4v) is 4.14. The van der Waals surface area contributed by atoms with E-state index >= 15 is 0 Å². The highest BCUT2D eigenvalue weighted by atomic mass is 16.2. The molecule has 2 aromatic rings. The van der Waals surface area contributed by atoms with E-state index in [9.17, 15) is 9.59 Å². The van der Waals surface area contributed by atoms with Crippen LogP contribution in [0.3, 0.4) is 0 Å². The number of carbonyl (C=O) groups is 2. The highest BCUT2D eigenvalue weighted by Gasteiger charge is 2.36. The second kappa shape index (κ2) is 7.31. The lowest BCUT2D eigenvalue weighted by Crippen LogP contribution is -2.64. The van der Waals surface area contributed by atoms with Crippen LogP contribution in [0.5, 0.6) is 0 Å². The Labute approximate surface area is 159 Å². The fourth-order valence-electron chi connectivity index (χ4n) is 4.14. The normalized spacial score (nSPS) is 18.7. The minimum Gasteiger partial charge on any atom is -0.340 e. The van der Waals surface area contributed by atoms with Crippen LogP contribution in [0.2, 0.25) is 0 Å². The van der Waals surface area contributed by atoms with Crippen molar-refractivity contribution in [3.63, 3.8) is 0 Å². The Morgan fingerprint density at radius 1 is 1.11 bits per heavy atom. The van der Waals surface area contributed by atoms with E-state index < -0.39 is 0 Å². The molecule has 2 aliphatic rings. The summed E-state index contributed by atoms with van der Waals surface area (Å²) >= 11 is 0. The summed E-state index contributed by atoms with van der Waals surface area (Å²) < 4.78 is 2.02. The number of hydrogen-bond acceptors (Lipinski definition) is 4. The van der Waals surface area contributed by atoms with E-state index in [0.29, 0.717) is 19.0 Å². The average molecular weight is 369 g/mol. The zero-order valence-corrected chi connectivity index (χ0v) is 16.1. The molecule has 2 amide bonds. The van der Waals surface area contributed by atoms with Crippen molar-refractivity contribution in [1.82, 2.24) is 24.3 Å². The van der Waals surface area contributed by atoms with Crippen LogP contribution in [-0.4, -0.2) is 81.4 Å². The Hall–Kier alpha value is -2.41. The first-order valence-electron chi connectivity index (χ1n) is 9.76. The van der Waals surface area contributed by atoms with Gasteiger partial charge in [-0.05, 0) is 18.6 Å². The van der Waals surface area contributed by atoms with E-state index in [1.54, 1.807) is 6.20 Å². The van der Waals surface area contributed by atoms with Gasteiger partial charge in [0.05, 0.1) is 5.52 Å². The maximum absolute atomic E-state index is 12.7. The lowest BCUT2D eigenvalue weighted by Gasteiger charge is -2.48. The molecule has 0 atom stereocenters. The molecule has 144 valence electrons. The minimum atomic E-state index is 0.166. The molecule has 7 nitrogen and oxygen atoms in total. The summed E-state index contributed by atoms with van der Waals surface area (Å²) in [6.07, 6.45) is 6.24. The van der Waals surface area contributed by atoms with Crippen molar-refractivity contribution in [1.29, 1.82) is 0 Å². The molecule has 7 heteroatoms. The number of aryl methyl sites for hydroxylation is 1. The molecule has 0 unspecified atom stereocenters. The summed E-state index contributed by atoms with van der Waals surface area (Å²) in [7, 11) is 0. The summed E-state index contributed by atoms with van der Waals surface area (Å²) in [4.78, 5) is 34.9. The van der Waals surface area contributed by atoms with E-state index in [-0.39, 0.29) is 11.8 Å². The van der Waals surface area contributed by atoms with Gasteiger partial charge >= 0.3 is 0 Å². The minimum absolute atomic E-state index is 0.166. The predicted molar refractivity (Wildman–Crippen MR) is 103 cm³/mol. The van der Waals surface area contributed by atoms with Crippen molar-refractivity contribution in [2.24, 2.45) is 0 Å². The van der Waals surface area contributed by atoms with Gasteiger partial charge in [-0.1, -0.05) is 6.92 Å². The summed E-state index contributed by atoms with van der Waals surface area (Å²) in [6.45, 7) is 9.35. The number of rotatable bonds is 4. The molecular formula is C20H27N5O2. The lowest BCUT2D eigenvalue weighted by atomic mass is 10.1. The number of nitrogens with zero attached hydrogens (tertiary/aromatic N) is 5. The SMILES string of the molecule is CCC(=O)N1CCN(C2CN(C(=O)Cn3cc(C)c4cnccc43)C2)CC1. The van der Waals surface area contributed by atoms with Crippen LogP contribution in [0.25, 0.3) is 10.9 Å². The van der Waals surface area contributed by atoms with E-state index in [4.69, 9.17) is 0 Å². The fraction of sp³-hybridized carbons (Fsp3) is 0.550. The van der Waals surface area contributed by atoms with E-state index in [2.05, 4.69) is 9.88 Å². The van der Waals surface area contributed by atoms with Crippen LogP contribution in [0.4, 0.5) is 0 Å². The zero-order chi connectivity index (χ0) is 19.0. The molecule has 2 aliphatic heterocycles. The first-order chi connectivity index (χ1) is 13.1. The summed E-state index contributed by atoms with van der Waals surface area (Å²) in [5.74, 6) is 0.407. The molecule has 0 aromatic carbocycles. The topological polar surface area (TPSA) is 61.7 Å². The van der Waals surface area contributed by atoms with Gasteiger partial charge in [-0.15, -0.1) is 0 Å². The first-order valence-corrected chi connectivity index (χ1v) is 9.76. The number of piperazine rings is 1. The third-order valence-corrected chi connectivity index (χ3v) is 5.89. The number of carbonyl (C=O) groups excluding carboxylic acids is 2. The Bertz CT molecular complexity index is 847. The number of likely N-dealkylation sites (tertiary alicyclic amines) is 1. The molecule has 0 N–H and O–H groups in total. The molecule has 4 heterocycles. The Morgan fingerprint density at radius 3 is 2.56 bits per heavy atom. The monoisotopic (exact) mass is 369 g/mol. The smallest absolute Gasteiger partial charge is 0.242 e. The van der Waals surface area contributed by atoms with E-state index in [1.165, 1.54) is 0 Å². The number of pyridine rings is 1. The van der Waals surface area contributed by atoms with Gasteiger partial charge in [0.2, 0.25) is 11.8 Å². The molecular weight excluding hydrogens is 342 g/mol. The zero-order valence-electron chi connectivity index (χ0n) is 16.1. The Balaban J connectivity index is 1.30. The quantitative estimate of drug-likeness (QED) is 0.810. The molecule has 0 bridgehead atoms. The number of hydrogen-bond donors (Lipinski definition) is 0. The molecule has 2 saturated heterocycles. The van der Waals surface area contributed by atoms with Crippen molar-refractivity contribution in [3.8, 4) is 0 Å². The second-order valence-corrected chi connectivity index (χ2v) is 7.56. The summed E-state index contributed by atoms with van der Waals surface area (Å²) in [5.41, 5.74) is 2.21. The predicted octanol–water partition coefficient (Wildman–Crippen LogP) is 1.11. The standard InChI is InChI=1S/C20H27N5O2/c1-3-19(26)23-8-6-22(7-9-23)16-12-25(13-16)20(27)14-24-11-15(2)17-10-21-5-4-18(17)24/h4-5,10-11,16H,3,6-9,12-14H2,1-2H3. The van der Waals surface area contributed by atoms with Gasteiger partial charge in [-0.3, -0.25) is 19.5 Å². The van der Waals surface area contributed by atoms with E-state index in [1.807, 2.05) is 46.7 Å². The van der Waals surface area contributed by atoms with E-state index in [0.717, 1.165) is 55.7 Å². The molecule has 4 rings (SSSR count). The van der Waals surface area contributed by atoms with Gasteiger partial charge in [-0.2, -0.15) is 0 Å². The van der Waals surface area contributed by atoms with Crippen LogP contribution in [0.15, 0.2) is 24.7 Å². The van der Waals surface area contributed by atoms with Crippen LogP contribution in [0.1, 0.15) is 18.9 Å². The molecule has 0 radical (unpaired) electrons. The van der Waals surface area contributed by atoms with Crippen LogP contribution >= 0.6 is 0 Å². The molecule has 2 fully saturated rings. The summed E-state index contributed by atoms with van der Waals surface area (Å²) in [5, 5.41) is 1.10. The van der Waals surface area contributed by atoms with Gasteiger partial charge in [-0.25, -0.2) is 0 Å². The molecule has 2 aromatic heterocycles. The van der Waals surface area contributed by atoms with Gasteiger partial charge < -0.3 is 14.4 Å². The van der Waals surface area contributed by atoms with Crippen molar-refractivity contribution in [2.45, 2.75) is 32.9 Å². The highest BCUT2D eigenvalue weighted by molar-refractivity contribution is 5.85. The maximum Gasteiger partial charge on any atom is 0.242 e. The Morgan fingerprint density at radius 2 is 1.85 bits per heavy atom. The summed E-state index contributed by atoms with van der Waals surface area (Å²) in [6, 6.07) is 2.39. The number of aromatic nitrogens is 2. The molecule has 27 heavy (non-hydrogen) atoms. The Kier molecular flexibility index (Phi) is 4.86. The second-order valence-electron chi connectivity index (χ2n) is 7.56. The number of amides is 2. The van der Waals surface area contributed by atoms with Crippen molar-refractivity contribution < 1.29 is 9.59 Å². The maximum atomic E-state index is 12.7. The number of fused-ring (bicyclic) bond motifs is 1. The van der Waals surface area contributed by atoms with Crippen LogP contribution in [-0.2, 0) is 16.1 Å². The van der Waals surface area contributed by atoms with Crippen LogP contribution in [0, 0.1) is 6.92 Å². The van der Waals surface area contributed by atoms with Gasteiger partial charge in [0.25, 0.3) is 0 Å². The largest absolute Gasteiger partial charge is 0.340 e. The van der Waals surface area contributed by atoms with Gasteiger partial charge in [0.15, 0.2) is 0 Å².